The highest BCUT2D eigenvalue weighted by molar-refractivity contribution is 5.71. The second-order valence-corrected chi connectivity index (χ2v) is 16.8. The Morgan fingerprint density at radius 2 is 0.672 bits per heavy atom. The summed E-state index contributed by atoms with van der Waals surface area (Å²) < 4.78 is 16.7. The van der Waals surface area contributed by atoms with Gasteiger partial charge in [0.25, 0.3) is 0 Å². The SMILES string of the molecule is CC\C=C/C=C\C=C/C=C\C=C/CCCC(=O)OC(COC(=O)CCCCCCC/C=C\CCCCC)COC(=O)CCCCCCCCCCCCCCCCCCCC. The Balaban J connectivity index is 4.42. The molecule has 1 unspecified atom stereocenters. The lowest BCUT2D eigenvalue weighted by molar-refractivity contribution is -0.167. The van der Waals surface area contributed by atoms with Crippen LogP contribution >= 0.6 is 0 Å². The van der Waals surface area contributed by atoms with Crippen LogP contribution in [0.1, 0.15) is 239 Å². The van der Waals surface area contributed by atoms with E-state index in [1.165, 1.54) is 128 Å². The summed E-state index contributed by atoms with van der Waals surface area (Å²) >= 11 is 0. The number of esters is 3. The summed E-state index contributed by atoms with van der Waals surface area (Å²) in [4.78, 5) is 37.9. The molecule has 0 saturated heterocycles. The van der Waals surface area contributed by atoms with Crippen molar-refractivity contribution in [2.24, 2.45) is 0 Å². The summed E-state index contributed by atoms with van der Waals surface area (Å²) in [6.45, 7) is 6.41. The maximum atomic E-state index is 12.7. The minimum Gasteiger partial charge on any atom is -0.462 e. The van der Waals surface area contributed by atoms with E-state index in [-0.39, 0.29) is 37.5 Å². The van der Waals surface area contributed by atoms with Crippen molar-refractivity contribution in [3.8, 4) is 0 Å². The molecule has 0 aromatic heterocycles. The number of carbonyl (C=O) groups excluding carboxylic acids is 3. The molecule has 0 amide bonds. The third-order valence-electron chi connectivity index (χ3n) is 10.8. The summed E-state index contributed by atoms with van der Waals surface area (Å²) in [5, 5.41) is 0. The van der Waals surface area contributed by atoms with Gasteiger partial charge in [-0.25, -0.2) is 0 Å². The normalized spacial score (nSPS) is 12.6. The van der Waals surface area contributed by atoms with Crippen LogP contribution in [0.5, 0.6) is 0 Å². The zero-order valence-electron chi connectivity index (χ0n) is 39.9. The van der Waals surface area contributed by atoms with Gasteiger partial charge in [0.05, 0.1) is 0 Å². The molecule has 1 atom stereocenters. The number of unbranched alkanes of at least 4 members (excludes halogenated alkanes) is 26. The zero-order valence-corrected chi connectivity index (χ0v) is 39.9. The summed E-state index contributed by atoms with van der Waals surface area (Å²) in [6, 6.07) is 0. The summed E-state index contributed by atoms with van der Waals surface area (Å²) in [5.41, 5.74) is 0. The van der Waals surface area contributed by atoms with Gasteiger partial charge in [0.15, 0.2) is 6.10 Å². The molecule has 0 heterocycles. The fourth-order valence-electron chi connectivity index (χ4n) is 7.00. The molecule has 0 rings (SSSR count). The summed E-state index contributed by atoms with van der Waals surface area (Å²) in [5.74, 6) is -0.987. The number of hydrogen-bond acceptors (Lipinski definition) is 6. The van der Waals surface area contributed by atoms with Gasteiger partial charge in [-0.05, 0) is 57.8 Å². The van der Waals surface area contributed by atoms with Gasteiger partial charge in [-0.1, -0.05) is 235 Å². The van der Waals surface area contributed by atoms with Gasteiger partial charge >= 0.3 is 17.9 Å². The third-order valence-corrected chi connectivity index (χ3v) is 10.8. The van der Waals surface area contributed by atoms with Crippen molar-refractivity contribution in [2.75, 3.05) is 13.2 Å². The van der Waals surface area contributed by atoms with Crippen LogP contribution in [-0.4, -0.2) is 37.2 Å². The molecule has 0 saturated carbocycles. The molecule has 0 spiro atoms. The molecule has 0 fully saturated rings. The van der Waals surface area contributed by atoms with Gasteiger partial charge in [-0.2, -0.15) is 0 Å². The van der Waals surface area contributed by atoms with E-state index in [2.05, 4.69) is 39.0 Å². The van der Waals surface area contributed by atoms with E-state index in [9.17, 15) is 14.4 Å². The van der Waals surface area contributed by atoms with Gasteiger partial charge in [0, 0.05) is 19.3 Å². The quantitative estimate of drug-likeness (QED) is 0.0200. The third kappa shape index (κ3) is 47.7. The topological polar surface area (TPSA) is 78.9 Å². The van der Waals surface area contributed by atoms with Crippen LogP contribution in [0.15, 0.2) is 72.9 Å². The molecule has 0 aliphatic rings. The van der Waals surface area contributed by atoms with Crippen molar-refractivity contribution in [3.05, 3.63) is 72.9 Å². The molecule has 6 heteroatoms. The summed E-state index contributed by atoms with van der Waals surface area (Å²) in [6.07, 6.45) is 61.8. The molecule has 0 bridgehead atoms. The van der Waals surface area contributed by atoms with Gasteiger partial charge in [-0.15, -0.1) is 0 Å². The minimum absolute atomic E-state index is 0.105. The Morgan fingerprint density at radius 1 is 0.344 bits per heavy atom. The Labute approximate surface area is 376 Å². The van der Waals surface area contributed by atoms with E-state index in [0.29, 0.717) is 19.3 Å². The van der Waals surface area contributed by atoms with Crippen LogP contribution in [0.4, 0.5) is 0 Å². The number of allylic oxidation sites excluding steroid dienone is 12. The van der Waals surface area contributed by atoms with Crippen LogP contribution in [0.25, 0.3) is 0 Å². The average Bonchev–Trinajstić information content (AvgIpc) is 3.26. The number of hydrogen-bond donors (Lipinski definition) is 0. The first-order chi connectivity index (χ1) is 30.0. The predicted molar refractivity (Wildman–Crippen MR) is 261 cm³/mol. The minimum atomic E-state index is -0.812. The van der Waals surface area contributed by atoms with Gasteiger partial charge in [0.2, 0.25) is 0 Å². The highest BCUT2D eigenvalue weighted by Crippen LogP contribution is 2.15. The molecular formula is C55H94O6. The van der Waals surface area contributed by atoms with Gasteiger partial charge in [-0.3, -0.25) is 14.4 Å². The lowest BCUT2D eigenvalue weighted by Gasteiger charge is -2.18. The molecule has 0 aliphatic heterocycles. The summed E-state index contributed by atoms with van der Waals surface area (Å²) in [7, 11) is 0. The average molecular weight is 851 g/mol. The fraction of sp³-hybridized carbons (Fsp3) is 0.727. The number of rotatable bonds is 45. The van der Waals surface area contributed by atoms with Crippen molar-refractivity contribution in [3.63, 3.8) is 0 Å². The monoisotopic (exact) mass is 851 g/mol. The second kappa shape index (κ2) is 49.5. The maximum absolute atomic E-state index is 12.7. The van der Waals surface area contributed by atoms with Crippen molar-refractivity contribution in [1.29, 1.82) is 0 Å². The molecule has 0 aromatic carbocycles. The standard InChI is InChI=1S/C55H94O6/c1-4-7-10-13-16-19-22-25-26-27-28-29-31-33-36-39-42-45-48-54(57)60-51-52(50-59-53(56)47-44-41-38-35-32-24-21-18-15-12-9-6-3)61-55(58)49-46-43-40-37-34-30-23-20-17-14-11-8-5-2/h8,11,14,17-18,20-21,23,30,34,37,40,52H,4-7,9-10,12-13,15-16,19,22,24-29,31-33,35-36,38-39,41-51H2,1-3H3/b11-8-,17-14-,21-18-,23-20-,34-30-,40-37-. The first-order valence-electron chi connectivity index (χ1n) is 25.5. The van der Waals surface area contributed by atoms with Crippen molar-refractivity contribution >= 4 is 17.9 Å². The fourth-order valence-corrected chi connectivity index (χ4v) is 7.00. The van der Waals surface area contributed by atoms with E-state index in [1.807, 2.05) is 54.7 Å². The van der Waals surface area contributed by atoms with Crippen LogP contribution in [0, 0.1) is 0 Å². The molecule has 61 heavy (non-hydrogen) atoms. The largest absolute Gasteiger partial charge is 0.462 e. The van der Waals surface area contributed by atoms with E-state index in [0.717, 1.165) is 64.2 Å². The molecule has 0 N–H and O–H groups in total. The molecule has 0 aliphatic carbocycles. The number of ether oxygens (including phenoxy) is 3. The van der Waals surface area contributed by atoms with E-state index in [4.69, 9.17) is 14.2 Å². The Bertz CT molecular complexity index is 1160. The smallest absolute Gasteiger partial charge is 0.306 e. The van der Waals surface area contributed by atoms with E-state index < -0.39 is 6.10 Å². The molecular weight excluding hydrogens is 757 g/mol. The Kier molecular flexibility index (Phi) is 46.9. The second-order valence-electron chi connectivity index (χ2n) is 16.8. The molecule has 0 aromatic rings. The highest BCUT2D eigenvalue weighted by Gasteiger charge is 2.19. The van der Waals surface area contributed by atoms with Crippen LogP contribution in [0.3, 0.4) is 0 Å². The Morgan fingerprint density at radius 3 is 1.11 bits per heavy atom. The van der Waals surface area contributed by atoms with Crippen LogP contribution < -0.4 is 0 Å². The first kappa shape index (κ1) is 57.9. The molecule has 0 radical (unpaired) electrons. The van der Waals surface area contributed by atoms with E-state index in [1.54, 1.807) is 0 Å². The van der Waals surface area contributed by atoms with Gasteiger partial charge in [0.1, 0.15) is 13.2 Å². The highest BCUT2D eigenvalue weighted by atomic mass is 16.6. The lowest BCUT2D eigenvalue weighted by Crippen LogP contribution is -2.30. The van der Waals surface area contributed by atoms with E-state index >= 15 is 0 Å². The lowest BCUT2D eigenvalue weighted by atomic mass is 10.0. The van der Waals surface area contributed by atoms with Crippen LogP contribution in [0.2, 0.25) is 0 Å². The van der Waals surface area contributed by atoms with Crippen molar-refractivity contribution in [2.45, 2.75) is 245 Å². The van der Waals surface area contributed by atoms with Crippen molar-refractivity contribution < 1.29 is 28.6 Å². The predicted octanol–water partition coefficient (Wildman–Crippen LogP) is 16.6. The van der Waals surface area contributed by atoms with Crippen LogP contribution in [-0.2, 0) is 28.6 Å². The van der Waals surface area contributed by atoms with Gasteiger partial charge < -0.3 is 14.2 Å². The Hall–Kier alpha value is -3.15. The maximum Gasteiger partial charge on any atom is 0.306 e. The first-order valence-corrected chi connectivity index (χ1v) is 25.5. The molecule has 6 nitrogen and oxygen atoms in total. The molecule has 350 valence electrons. The zero-order chi connectivity index (χ0) is 44.4. The number of carbonyl (C=O) groups is 3. The van der Waals surface area contributed by atoms with Crippen molar-refractivity contribution in [1.82, 2.24) is 0 Å².